The Morgan fingerprint density at radius 3 is 2.55 bits per heavy atom. The van der Waals surface area contributed by atoms with Gasteiger partial charge in [0.1, 0.15) is 6.54 Å². The van der Waals surface area contributed by atoms with Gasteiger partial charge >= 0.3 is 0 Å². The van der Waals surface area contributed by atoms with Crippen LogP contribution in [0.5, 0.6) is 0 Å². The van der Waals surface area contributed by atoms with Gasteiger partial charge in [-0.2, -0.15) is 0 Å². The van der Waals surface area contributed by atoms with Gasteiger partial charge in [-0.1, -0.05) is 32.6 Å². The summed E-state index contributed by atoms with van der Waals surface area (Å²) in [5.41, 5.74) is 0. The monoisotopic (exact) mass is 282 g/mol. The van der Waals surface area contributed by atoms with Gasteiger partial charge in [-0.25, -0.2) is 4.99 Å². The summed E-state index contributed by atoms with van der Waals surface area (Å²) in [4.78, 5) is 17.6. The first-order valence-corrected chi connectivity index (χ1v) is 7.88. The van der Waals surface area contributed by atoms with Gasteiger partial charge in [-0.05, 0) is 19.3 Å². The molecule has 5 nitrogen and oxygen atoms in total. The normalized spacial score (nSPS) is 16.2. The maximum absolute atomic E-state index is 11.6. The van der Waals surface area contributed by atoms with Crippen LogP contribution < -0.4 is 10.6 Å². The Balaban J connectivity index is 2.43. The van der Waals surface area contributed by atoms with Crippen molar-refractivity contribution in [3.05, 3.63) is 0 Å². The van der Waals surface area contributed by atoms with Crippen molar-refractivity contribution in [1.82, 2.24) is 15.5 Å². The molecule has 0 heterocycles. The van der Waals surface area contributed by atoms with Gasteiger partial charge in [0, 0.05) is 26.7 Å². The molecule has 0 radical (unpaired) electrons. The second kappa shape index (κ2) is 9.61. The molecule has 1 amide bonds. The zero-order chi connectivity index (χ0) is 14.8. The van der Waals surface area contributed by atoms with Crippen LogP contribution in [0.3, 0.4) is 0 Å². The van der Waals surface area contributed by atoms with Gasteiger partial charge in [0.15, 0.2) is 5.96 Å². The zero-order valence-electron chi connectivity index (χ0n) is 13.2. The summed E-state index contributed by atoms with van der Waals surface area (Å²) in [6.07, 6.45) is 8.57. The fourth-order valence-corrected chi connectivity index (χ4v) is 2.29. The van der Waals surface area contributed by atoms with Crippen LogP contribution in [0.4, 0.5) is 0 Å². The average molecular weight is 282 g/mol. The molecule has 0 bridgehead atoms. The largest absolute Gasteiger partial charge is 0.356 e. The van der Waals surface area contributed by atoms with Gasteiger partial charge in [0.25, 0.3) is 0 Å². The van der Waals surface area contributed by atoms with E-state index in [-0.39, 0.29) is 12.5 Å². The number of likely N-dealkylation sites (N-methyl/N-ethyl adjacent to an activating group) is 1. The smallest absolute Gasteiger partial charge is 0.243 e. The van der Waals surface area contributed by atoms with Gasteiger partial charge in [0.05, 0.1) is 0 Å². The average Bonchev–Trinajstić information content (AvgIpc) is 2.92. The molecule has 0 aromatic heterocycles. The molecule has 0 aliphatic heterocycles. The highest BCUT2D eigenvalue weighted by molar-refractivity contribution is 5.84. The third-order valence-corrected chi connectivity index (χ3v) is 3.64. The lowest BCUT2D eigenvalue weighted by molar-refractivity contribution is -0.127. The van der Waals surface area contributed by atoms with E-state index in [1.54, 1.807) is 19.0 Å². The first-order valence-electron chi connectivity index (χ1n) is 7.88. The molecule has 1 aliphatic carbocycles. The third-order valence-electron chi connectivity index (χ3n) is 3.64. The summed E-state index contributed by atoms with van der Waals surface area (Å²) in [5.74, 6) is 0.828. The Bertz CT molecular complexity index is 309. The maximum atomic E-state index is 11.6. The summed E-state index contributed by atoms with van der Waals surface area (Å²) < 4.78 is 0. The first kappa shape index (κ1) is 16.8. The lowest BCUT2D eigenvalue weighted by atomic mass is 10.2. The fraction of sp³-hybridized carbons (Fsp3) is 0.867. The molecule has 2 N–H and O–H groups in total. The molecule has 0 aromatic rings. The van der Waals surface area contributed by atoms with Crippen LogP contribution >= 0.6 is 0 Å². The van der Waals surface area contributed by atoms with Crippen LogP contribution in [0, 0.1) is 0 Å². The minimum absolute atomic E-state index is 0.0334. The predicted octanol–water partition coefficient (Wildman–Crippen LogP) is 1.74. The summed E-state index contributed by atoms with van der Waals surface area (Å²) in [5, 5.41) is 6.80. The van der Waals surface area contributed by atoms with Crippen molar-refractivity contribution in [2.24, 2.45) is 4.99 Å². The van der Waals surface area contributed by atoms with E-state index in [1.807, 2.05) is 0 Å². The van der Waals surface area contributed by atoms with Crippen molar-refractivity contribution in [3.63, 3.8) is 0 Å². The number of hydrogen-bond donors (Lipinski definition) is 2. The molecule has 0 aromatic carbocycles. The fourth-order valence-electron chi connectivity index (χ4n) is 2.29. The number of carbonyl (C=O) groups excluding carboxylic acids is 1. The highest BCUT2D eigenvalue weighted by Gasteiger charge is 2.16. The minimum atomic E-state index is 0.0334. The number of nitrogens with zero attached hydrogens (tertiary/aromatic N) is 2. The van der Waals surface area contributed by atoms with Crippen molar-refractivity contribution in [3.8, 4) is 0 Å². The minimum Gasteiger partial charge on any atom is -0.356 e. The van der Waals surface area contributed by atoms with Crippen molar-refractivity contribution in [2.45, 2.75) is 57.9 Å². The van der Waals surface area contributed by atoms with Crippen LogP contribution in [0.2, 0.25) is 0 Å². The molecule has 1 fully saturated rings. The van der Waals surface area contributed by atoms with Crippen LogP contribution in [-0.2, 0) is 4.79 Å². The predicted molar refractivity (Wildman–Crippen MR) is 83.9 cm³/mol. The molecular weight excluding hydrogens is 252 g/mol. The molecular formula is C15H30N4O. The van der Waals surface area contributed by atoms with Crippen LogP contribution in [-0.4, -0.2) is 50.0 Å². The van der Waals surface area contributed by atoms with Gasteiger partial charge < -0.3 is 15.5 Å². The lowest BCUT2D eigenvalue weighted by Gasteiger charge is -2.17. The van der Waals surface area contributed by atoms with E-state index in [4.69, 9.17) is 0 Å². The lowest BCUT2D eigenvalue weighted by Crippen LogP contribution is -2.43. The highest BCUT2D eigenvalue weighted by Crippen LogP contribution is 2.17. The molecule has 5 heteroatoms. The van der Waals surface area contributed by atoms with Crippen molar-refractivity contribution in [1.29, 1.82) is 0 Å². The number of unbranched alkanes of at least 4 members (excludes halogenated alkanes) is 2. The van der Waals surface area contributed by atoms with Crippen LogP contribution in [0.25, 0.3) is 0 Å². The maximum Gasteiger partial charge on any atom is 0.243 e. The second-order valence-electron chi connectivity index (χ2n) is 5.71. The van der Waals surface area contributed by atoms with E-state index in [0.717, 1.165) is 18.9 Å². The molecule has 0 saturated heterocycles. The van der Waals surface area contributed by atoms with Crippen LogP contribution in [0.1, 0.15) is 51.9 Å². The number of carbonyl (C=O) groups is 1. The number of hydrogen-bond acceptors (Lipinski definition) is 2. The Morgan fingerprint density at radius 2 is 1.95 bits per heavy atom. The molecule has 1 rings (SSSR count). The van der Waals surface area contributed by atoms with E-state index in [9.17, 15) is 4.79 Å². The number of rotatable bonds is 7. The molecule has 0 spiro atoms. The topological polar surface area (TPSA) is 56.7 Å². The number of amides is 1. The standard InChI is InChI=1S/C15H30N4O/c1-4-5-8-11-16-15(17-12-14(20)19(2)3)18-13-9-6-7-10-13/h13H,4-12H2,1-3H3,(H2,16,17,18). The van der Waals surface area contributed by atoms with Gasteiger partial charge in [-0.15, -0.1) is 0 Å². The van der Waals surface area contributed by atoms with Crippen molar-refractivity contribution in [2.75, 3.05) is 27.2 Å². The summed E-state index contributed by atoms with van der Waals surface area (Å²) >= 11 is 0. The number of aliphatic imine (C=N–C) groups is 1. The number of guanidine groups is 1. The molecule has 1 saturated carbocycles. The Labute approximate surface area is 123 Å². The zero-order valence-corrected chi connectivity index (χ0v) is 13.2. The van der Waals surface area contributed by atoms with Gasteiger partial charge in [0.2, 0.25) is 5.91 Å². The molecule has 116 valence electrons. The Kier molecular flexibility index (Phi) is 8.07. The number of nitrogens with one attached hydrogen (secondary N) is 2. The second-order valence-corrected chi connectivity index (χ2v) is 5.71. The summed E-state index contributed by atoms with van der Waals surface area (Å²) in [6, 6.07) is 0.516. The molecule has 0 atom stereocenters. The van der Waals surface area contributed by atoms with E-state index >= 15 is 0 Å². The van der Waals surface area contributed by atoms with E-state index in [2.05, 4.69) is 22.5 Å². The summed E-state index contributed by atoms with van der Waals surface area (Å²) in [7, 11) is 3.52. The van der Waals surface area contributed by atoms with Gasteiger partial charge in [-0.3, -0.25) is 4.79 Å². The highest BCUT2D eigenvalue weighted by atomic mass is 16.2. The SMILES string of the molecule is CCCCCNC(=NCC(=O)N(C)C)NC1CCCC1. The molecule has 20 heavy (non-hydrogen) atoms. The first-order chi connectivity index (χ1) is 9.63. The Morgan fingerprint density at radius 1 is 1.25 bits per heavy atom. The molecule has 0 unspecified atom stereocenters. The summed E-state index contributed by atoms with van der Waals surface area (Å²) in [6.45, 7) is 3.33. The van der Waals surface area contributed by atoms with Crippen molar-refractivity contribution >= 4 is 11.9 Å². The Hall–Kier alpha value is -1.26. The molecule has 1 aliphatic rings. The third kappa shape index (κ3) is 6.78. The van der Waals surface area contributed by atoms with E-state index in [0.29, 0.717) is 6.04 Å². The van der Waals surface area contributed by atoms with Crippen molar-refractivity contribution < 1.29 is 4.79 Å². The van der Waals surface area contributed by atoms with E-state index < -0.39 is 0 Å². The van der Waals surface area contributed by atoms with E-state index in [1.165, 1.54) is 38.5 Å². The van der Waals surface area contributed by atoms with Crippen LogP contribution in [0.15, 0.2) is 4.99 Å². The quantitative estimate of drug-likeness (QED) is 0.425.